The molecule has 0 spiro atoms. The molecule has 1 heterocycles. The monoisotopic (exact) mass is 259 g/mol. The lowest BCUT2D eigenvalue weighted by atomic mass is 10.2. The molecule has 0 saturated heterocycles. The number of nitrogens with zero attached hydrogens (tertiary/aromatic N) is 1. The Bertz CT molecular complexity index is 486. The fourth-order valence-electron chi connectivity index (χ4n) is 1.37. The van der Waals surface area contributed by atoms with Gasteiger partial charge in [-0.25, -0.2) is 0 Å². The standard InChI is InChI=1S/C12H13N3.C2H4O2/c1-9-11(7-4-8-14-9)15-12-6-3-2-5-10(12)13;1-4-2-3/h2-8,15H,13H2,1H3;2H,1H3. The van der Waals surface area contributed by atoms with Crippen molar-refractivity contribution in [1.82, 2.24) is 4.98 Å². The number of hydrogen-bond donors (Lipinski definition) is 2. The highest BCUT2D eigenvalue weighted by molar-refractivity contribution is 5.72. The molecule has 1 aromatic carbocycles. The summed E-state index contributed by atoms with van der Waals surface area (Å²) in [5, 5.41) is 3.25. The van der Waals surface area contributed by atoms with Gasteiger partial charge in [0.25, 0.3) is 6.47 Å². The van der Waals surface area contributed by atoms with E-state index in [1.54, 1.807) is 6.20 Å². The Morgan fingerprint density at radius 1 is 1.21 bits per heavy atom. The number of anilines is 3. The summed E-state index contributed by atoms with van der Waals surface area (Å²) in [6, 6.07) is 11.6. The van der Waals surface area contributed by atoms with E-state index in [1.165, 1.54) is 7.11 Å². The first kappa shape index (κ1) is 14.5. The molecule has 0 fully saturated rings. The molecule has 1 aromatic heterocycles. The van der Waals surface area contributed by atoms with Crippen molar-refractivity contribution in [1.29, 1.82) is 0 Å². The van der Waals surface area contributed by atoms with Crippen LogP contribution in [0, 0.1) is 6.92 Å². The topological polar surface area (TPSA) is 77.2 Å². The summed E-state index contributed by atoms with van der Waals surface area (Å²) in [5.41, 5.74) is 9.42. The van der Waals surface area contributed by atoms with Crippen LogP contribution in [-0.4, -0.2) is 18.6 Å². The number of carbonyl (C=O) groups excluding carboxylic acids is 1. The lowest BCUT2D eigenvalue weighted by Crippen LogP contribution is -1.98. The van der Waals surface area contributed by atoms with Gasteiger partial charge in [0.05, 0.1) is 29.9 Å². The number of methoxy groups -OCH3 is 1. The third kappa shape index (κ3) is 4.67. The highest BCUT2D eigenvalue weighted by atomic mass is 16.5. The van der Waals surface area contributed by atoms with Gasteiger partial charge < -0.3 is 15.8 Å². The molecule has 5 heteroatoms. The molecule has 0 radical (unpaired) electrons. The summed E-state index contributed by atoms with van der Waals surface area (Å²) in [6.45, 7) is 2.33. The summed E-state index contributed by atoms with van der Waals surface area (Å²) in [4.78, 5) is 13.2. The van der Waals surface area contributed by atoms with Gasteiger partial charge in [0.15, 0.2) is 0 Å². The smallest absolute Gasteiger partial charge is 0.292 e. The molecule has 0 unspecified atom stereocenters. The van der Waals surface area contributed by atoms with Crippen LogP contribution in [-0.2, 0) is 9.53 Å². The molecule has 2 rings (SSSR count). The van der Waals surface area contributed by atoms with Crippen molar-refractivity contribution in [2.24, 2.45) is 0 Å². The van der Waals surface area contributed by atoms with Gasteiger partial charge in [-0.15, -0.1) is 0 Å². The molecule has 100 valence electrons. The van der Waals surface area contributed by atoms with Crippen molar-refractivity contribution in [3.8, 4) is 0 Å². The van der Waals surface area contributed by atoms with E-state index in [4.69, 9.17) is 10.5 Å². The van der Waals surface area contributed by atoms with E-state index < -0.39 is 0 Å². The van der Waals surface area contributed by atoms with Crippen molar-refractivity contribution >= 4 is 23.5 Å². The fourth-order valence-corrected chi connectivity index (χ4v) is 1.37. The zero-order valence-electron chi connectivity index (χ0n) is 11.0. The van der Waals surface area contributed by atoms with Gasteiger partial charge in [0.1, 0.15) is 0 Å². The Morgan fingerprint density at radius 3 is 2.42 bits per heavy atom. The van der Waals surface area contributed by atoms with E-state index in [-0.39, 0.29) is 0 Å². The Labute approximate surface area is 112 Å². The van der Waals surface area contributed by atoms with E-state index in [0.29, 0.717) is 6.47 Å². The van der Waals surface area contributed by atoms with Gasteiger partial charge >= 0.3 is 0 Å². The number of nitrogens with one attached hydrogen (secondary N) is 1. The second kappa shape index (κ2) is 7.71. The molecule has 0 aliphatic carbocycles. The normalized spacial score (nSPS) is 8.95. The van der Waals surface area contributed by atoms with Gasteiger partial charge in [-0.2, -0.15) is 0 Å². The van der Waals surface area contributed by atoms with E-state index >= 15 is 0 Å². The summed E-state index contributed by atoms with van der Waals surface area (Å²) in [5.74, 6) is 0. The fraction of sp³-hybridized carbons (Fsp3) is 0.143. The Hall–Kier alpha value is -2.56. The van der Waals surface area contributed by atoms with Gasteiger partial charge in [0, 0.05) is 6.20 Å². The molecule has 19 heavy (non-hydrogen) atoms. The van der Waals surface area contributed by atoms with E-state index in [9.17, 15) is 0 Å². The average Bonchev–Trinajstić information content (AvgIpc) is 2.44. The number of rotatable bonds is 3. The summed E-state index contributed by atoms with van der Waals surface area (Å²) < 4.78 is 3.86. The average molecular weight is 259 g/mol. The van der Waals surface area contributed by atoms with Crippen LogP contribution in [0.1, 0.15) is 5.69 Å². The number of aromatic nitrogens is 1. The van der Waals surface area contributed by atoms with Crippen molar-refractivity contribution in [3.63, 3.8) is 0 Å². The molecule has 0 aliphatic heterocycles. The van der Waals surface area contributed by atoms with Gasteiger partial charge in [-0.1, -0.05) is 12.1 Å². The number of carbonyl (C=O) groups is 1. The Balaban J connectivity index is 0.000000399. The largest absolute Gasteiger partial charge is 0.471 e. The predicted molar refractivity (Wildman–Crippen MR) is 76.2 cm³/mol. The predicted octanol–water partition coefficient (Wildman–Crippen LogP) is 2.51. The molecule has 0 bridgehead atoms. The molecule has 2 aromatic rings. The molecule has 0 atom stereocenters. The summed E-state index contributed by atoms with van der Waals surface area (Å²) in [7, 11) is 1.31. The quantitative estimate of drug-likeness (QED) is 0.654. The van der Waals surface area contributed by atoms with E-state index in [0.717, 1.165) is 22.8 Å². The second-order valence-electron chi connectivity index (χ2n) is 3.68. The minimum atomic E-state index is 0.375. The second-order valence-corrected chi connectivity index (χ2v) is 3.68. The van der Waals surface area contributed by atoms with Crippen molar-refractivity contribution in [2.75, 3.05) is 18.2 Å². The van der Waals surface area contributed by atoms with Crippen LogP contribution in [0.5, 0.6) is 0 Å². The van der Waals surface area contributed by atoms with Crippen LogP contribution in [0.15, 0.2) is 42.6 Å². The maximum absolute atomic E-state index is 8.95. The van der Waals surface area contributed by atoms with Crippen molar-refractivity contribution < 1.29 is 9.53 Å². The lowest BCUT2D eigenvalue weighted by Gasteiger charge is -2.10. The van der Waals surface area contributed by atoms with Crippen molar-refractivity contribution in [3.05, 3.63) is 48.3 Å². The van der Waals surface area contributed by atoms with Crippen molar-refractivity contribution in [2.45, 2.75) is 6.92 Å². The summed E-state index contributed by atoms with van der Waals surface area (Å²) in [6.07, 6.45) is 1.77. The first-order valence-corrected chi connectivity index (χ1v) is 5.68. The number of nitrogens with two attached hydrogens (primary N) is 1. The third-order valence-electron chi connectivity index (χ3n) is 2.33. The first-order valence-electron chi connectivity index (χ1n) is 5.68. The number of benzene rings is 1. The van der Waals surface area contributed by atoms with Crippen LogP contribution >= 0.6 is 0 Å². The minimum Gasteiger partial charge on any atom is -0.471 e. The van der Waals surface area contributed by atoms with Gasteiger partial charge in [-0.3, -0.25) is 9.78 Å². The van der Waals surface area contributed by atoms with Crippen LogP contribution in [0.3, 0.4) is 0 Å². The Morgan fingerprint density at radius 2 is 1.84 bits per heavy atom. The number of hydrogen-bond acceptors (Lipinski definition) is 5. The highest BCUT2D eigenvalue weighted by Crippen LogP contribution is 2.23. The van der Waals surface area contributed by atoms with E-state index in [2.05, 4.69) is 15.0 Å². The maximum Gasteiger partial charge on any atom is 0.292 e. The number of ether oxygens (including phenoxy) is 1. The van der Waals surface area contributed by atoms with Crippen LogP contribution in [0.4, 0.5) is 17.1 Å². The van der Waals surface area contributed by atoms with Gasteiger partial charge in [-0.05, 0) is 31.2 Å². The van der Waals surface area contributed by atoms with Crippen LogP contribution in [0.25, 0.3) is 0 Å². The number of nitrogen functional groups attached to an aromatic ring is 1. The SMILES string of the molecule is COC=O.Cc1ncccc1Nc1ccccc1N. The number of pyridine rings is 1. The highest BCUT2D eigenvalue weighted by Gasteiger charge is 2.00. The lowest BCUT2D eigenvalue weighted by molar-refractivity contribution is -0.126. The Kier molecular flexibility index (Phi) is 5.88. The third-order valence-corrected chi connectivity index (χ3v) is 2.33. The molecule has 3 N–H and O–H groups in total. The van der Waals surface area contributed by atoms with E-state index in [1.807, 2.05) is 43.3 Å². The maximum atomic E-state index is 8.95. The first-order chi connectivity index (χ1) is 9.19. The molecule has 0 aliphatic rings. The number of aryl methyl sites for hydroxylation is 1. The molecular formula is C14H17N3O2. The molecule has 5 nitrogen and oxygen atoms in total. The van der Waals surface area contributed by atoms with Crippen LogP contribution in [0.2, 0.25) is 0 Å². The number of para-hydroxylation sites is 2. The molecular weight excluding hydrogens is 242 g/mol. The summed E-state index contributed by atoms with van der Waals surface area (Å²) >= 11 is 0. The minimum absolute atomic E-state index is 0.375. The van der Waals surface area contributed by atoms with Gasteiger partial charge in [0.2, 0.25) is 0 Å². The molecule has 0 saturated carbocycles. The zero-order chi connectivity index (χ0) is 14.1. The molecule has 0 amide bonds. The van der Waals surface area contributed by atoms with Crippen LogP contribution < -0.4 is 11.1 Å². The zero-order valence-corrected chi connectivity index (χ0v) is 11.0.